The van der Waals surface area contributed by atoms with E-state index in [1.165, 1.54) is 11.8 Å². The van der Waals surface area contributed by atoms with Gasteiger partial charge in [0, 0.05) is 13.6 Å². The normalized spacial score (nSPS) is 12.9. The van der Waals surface area contributed by atoms with Crippen molar-refractivity contribution in [3.63, 3.8) is 0 Å². The molecule has 0 saturated carbocycles. The van der Waals surface area contributed by atoms with Gasteiger partial charge in [0.15, 0.2) is 5.17 Å². The summed E-state index contributed by atoms with van der Waals surface area (Å²) in [5.74, 6) is 0. The Labute approximate surface area is 102 Å². The Balaban J connectivity index is 5.05. The predicted octanol–water partition coefficient (Wildman–Crippen LogP) is 2.84. The summed E-state index contributed by atoms with van der Waals surface area (Å²) in [7, 11) is -1.57. The van der Waals surface area contributed by atoms with Crippen LogP contribution >= 0.6 is 19.5 Å². The fourth-order valence-electron chi connectivity index (χ4n) is 1.23. The summed E-state index contributed by atoms with van der Waals surface area (Å²) in [6.45, 7) is 6.71. The van der Waals surface area contributed by atoms with E-state index < -0.39 is 7.75 Å². The van der Waals surface area contributed by atoms with Crippen LogP contribution in [0.15, 0.2) is 4.99 Å². The third kappa shape index (κ3) is 4.09. The van der Waals surface area contributed by atoms with E-state index in [2.05, 4.69) is 4.99 Å². The van der Waals surface area contributed by atoms with Crippen LogP contribution in [0.2, 0.25) is 0 Å². The molecule has 0 aliphatic heterocycles. The van der Waals surface area contributed by atoms with Crippen LogP contribution < -0.4 is 0 Å². The van der Waals surface area contributed by atoms with E-state index in [1.54, 1.807) is 25.6 Å². The van der Waals surface area contributed by atoms with Crippen molar-refractivity contribution in [2.24, 2.45) is 4.99 Å². The Morgan fingerprint density at radius 2 is 1.81 bits per heavy atom. The fraction of sp³-hybridized carbons (Fsp3) is 0.889. The van der Waals surface area contributed by atoms with Crippen LogP contribution in [0.1, 0.15) is 20.8 Å². The topological polar surface area (TPSA) is 51.1 Å². The number of hydrogen-bond acceptors (Lipinski definition) is 5. The summed E-state index contributed by atoms with van der Waals surface area (Å²) in [6.07, 6.45) is 1.88. The van der Waals surface area contributed by atoms with E-state index in [1.807, 2.05) is 13.2 Å². The van der Waals surface area contributed by atoms with Crippen molar-refractivity contribution >= 4 is 24.7 Å². The second-order valence-electron chi connectivity index (χ2n) is 2.73. The molecule has 0 atom stereocenters. The van der Waals surface area contributed by atoms with Gasteiger partial charge in [-0.25, -0.2) is 4.57 Å². The molecule has 16 heavy (non-hydrogen) atoms. The molecule has 96 valence electrons. The van der Waals surface area contributed by atoms with E-state index in [0.29, 0.717) is 24.9 Å². The summed E-state index contributed by atoms with van der Waals surface area (Å²) < 4.78 is 24.6. The molecule has 0 radical (unpaired) electrons. The number of aliphatic imine (C=N–C) groups is 1. The lowest BCUT2D eigenvalue weighted by Gasteiger charge is -2.30. The second kappa shape index (κ2) is 8.12. The molecule has 0 unspecified atom stereocenters. The van der Waals surface area contributed by atoms with Gasteiger partial charge in [0.1, 0.15) is 0 Å². The number of nitrogens with zero attached hydrogens (tertiary/aromatic N) is 2. The summed E-state index contributed by atoms with van der Waals surface area (Å²) in [5, 5.41) is 0.660. The van der Waals surface area contributed by atoms with Crippen LogP contribution in [0, 0.1) is 0 Å². The highest BCUT2D eigenvalue weighted by atomic mass is 32.2. The number of thioether (sulfide) groups is 1. The van der Waals surface area contributed by atoms with Gasteiger partial charge in [0.05, 0.1) is 13.2 Å². The zero-order valence-corrected chi connectivity index (χ0v) is 12.3. The summed E-state index contributed by atoms with van der Waals surface area (Å²) >= 11 is 1.42. The minimum Gasteiger partial charge on any atom is -0.292 e. The first-order valence-corrected chi connectivity index (χ1v) is 7.99. The van der Waals surface area contributed by atoms with E-state index in [-0.39, 0.29) is 0 Å². The first kappa shape index (κ1) is 16.0. The number of amidine groups is 1. The van der Waals surface area contributed by atoms with Crippen molar-refractivity contribution in [3.05, 3.63) is 0 Å². The highest BCUT2D eigenvalue weighted by Gasteiger charge is 2.34. The highest BCUT2D eigenvalue weighted by Crippen LogP contribution is 2.52. The molecule has 0 aliphatic carbocycles. The van der Waals surface area contributed by atoms with Gasteiger partial charge in [-0.3, -0.25) is 18.7 Å². The van der Waals surface area contributed by atoms with Crippen molar-refractivity contribution in [2.75, 3.05) is 33.1 Å². The molecule has 0 aliphatic rings. The van der Waals surface area contributed by atoms with E-state index in [0.717, 1.165) is 0 Å². The molecule has 0 bridgehead atoms. The number of hydrogen-bond donors (Lipinski definition) is 0. The Kier molecular flexibility index (Phi) is 8.10. The summed E-state index contributed by atoms with van der Waals surface area (Å²) in [4.78, 5) is 4.08. The van der Waals surface area contributed by atoms with Crippen LogP contribution in [-0.2, 0) is 13.6 Å². The smallest absolute Gasteiger partial charge is 0.292 e. The van der Waals surface area contributed by atoms with Crippen LogP contribution in [-0.4, -0.2) is 42.9 Å². The molecular formula is C9H21N2O3PS. The molecule has 7 heteroatoms. The standard InChI is InChI=1S/C9H21N2O3PS/c1-6-11(9(10-4)16-5)15(12,13-7-2)14-8-3/h6-8H2,1-5H3. The van der Waals surface area contributed by atoms with Gasteiger partial charge in [-0.1, -0.05) is 11.8 Å². The largest absolute Gasteiger partial charge is 0.436 e. The molecule has 0 amide bonds. The van der Waals surface area contributed by atoms with E-state index >= 15 is 0 Å². The summed E-state index contributed by atoms with van der Waals surface area (Å²) in [5.41, 5.74) is 0. The minimum absolute atomic E-state index is 0.346. The monoisotopic (exact) mass is 268 g/mol. The Morgan fingerprint density at radius 3 is 2.06 bits per heavy atom. The molecular weight excluding hydrogens is 247 g/mol. The van der Waals surface area contributed by atoms with Gasteiger partial charge < -0.3 is 0 Å². The van der Waals surface area contributed by atoms with Gasteiger partial charge in [0.25, 0.3) is 0 Å². The maximum absolute atomic E-state index is 12.5. The summed E-state index contributed by atoms with van der Waals surface area (Å²) in [6, 6.07) is 0. The van der Waals surface area contributed by atoms with Crippen LogP contribution in [0.5, 0.6) is 0 Å². The van der Waals surface area contributed by atoms with Crippen LogP contribution in [0.25, 0.3) is 0 Å². The van der Waals surface area contributed by atoms with E-state index in [4.69, 9.17) is 9.05 Å². The van der Waals surface area contributed by atoms with Gasteiger partial charge in [-0.05, 0) is 27.0 Å². The Morgan fingerprint density at radius 1 is 1.31 bits per heavy atom. The van der Waals surface area contributed by atoms with Gasteiger partial charge in [0.2, 0.25) is 0 Å². The quantitative estimate of drug-likeness (QED) is 0.421. The van der Waals surface area contributed by atoms with Crippen LogP contribution in [0.4, 0.5) is 0 Å². The lowest BCUT2D eigenvalue weighted by molar-refractivity contribution is 0.190. The van der Waals surface area contributed by atoms with Gasteiger partial charge >= 0.3 is 7.75 Å². The molecule has 0 aromatic carbocycles. The maximum atomic E-state index is 12.5. The van der Waals surface area contributed by atoms with Crippen molar-refractivity contribution < 1.29 is 13.6 Å². The minimum atomic E-state index is -3.24. The van der Waals surface area contributed by atoms with Crippen molar-refractivity contribution in [1.82, 2.24) is 4.67 Å². The molecule has 0 aromatic rings. The third-order valence-corrected chi connectivity index (χ3v) is 4.91. The van der Waals surface area contributed by atoms with E-state index in [9.17, 15) is 4.57 Å². The lowest BCUT2D eigenvalue weighted by atomic mass is 10.8. The average molecular weight is 268 g/mol. The van der Waals surface area contributed by atoms with Gasteiger partial charge in [-0.2, -0.15) is 0 Å². The first-order chi connectivity index (χ1) is 7.59. The van der Waals surface area contributed by atoms with Crippen molar-refractivity contribution in [3.8, 4) is 0 Å². The van der Waals surface area contributed by atoms with Crippen molar-refractivity contribution in [1.29, 1.82) is 0 Å². The Bertz CT molecular complexity index is 263. The zero-order chi connectivity index (χ0) is 12.6. The zero-order valence-electron chi connectivity index (χ0n) is 10.6. The lowest BCUT2D eigenvalue weighted by Crippen LogP contribution is -2.27. The molecule has 0 aromatic heterocycles. The first-order valence-electron chi connectivity index (χ1n) is 5.27. The second-order valence-corrected chi connectivity index (χ2v) is 5.44. The molecule has 0 saturated heterocycles. The average Bonchev–Trinajstić information content (AvgIpc) is 2.26. The molecule has 0 heterocycles. The Hall–Kier alpha value is -0.0300. The fourth-order valence-corrected chi connectivity index (χ4v) is 3.95. The SMILES string of the molecule is CCOP(=O)(OCC)N(CC)C(=NC)SC. The predicted molar refractivity (Wildman–Crippen MR) is 70.1 cm³/mol. The maximum Gasteiger partial charge on any atom is 0.436 e. The van der Waals surface area contributed by atoms with Crippen LogP contribution in [0.3, 0.4) is 0 Å². The number of rotatable bonds is 6. The molecule has 0 rings (SSSR count). The molecule has 0 spiro atoms. The third-order valence-electron chi connectivity index (χ3n) is 1.77. The molecule has 0 N–H and O–H groups in total. The van der Waals surface area contributed by atoms with Gasteiger partial charge in [-0.15, -0.1) is 0 Å². The highest BCUT2D eigenvalue weighted by molar-refractivity contribution is 8.13. The molecule has 5 nitrogen and oxygen atoms in total. The van der Waals surface area contributed by atoms with Crippen molar-refractivity contribution in [2.45, 2.75) is 20.8 Å². The molecule has 0 fully saturated rings.